The van der Waals surface area contributed by atoms with Crippen molar-refractivity contribution in [2.75, 3.05) is 0 Å². The Kier molecular flexibility index (Phi) is 7.21. The van der Waals surface area contributed by atoms with Crippen LogP contribution in [0.4, 0.5) is 13.2 Å². The third kappa shape index (κ3) is 5.47. The molecule has 0 aromatic carbocycles. The number of aryl methyl sites for hydroxylation is 1. The minimum atomic E-state index is -4.91. The van der Waals surface area contributed by atoms with Gasteiger partial charge in [0.25, 0.3) is 0 Å². The Balaban J connectivity index is 2.79. The van der Waals surface area contributed by atoms with Crippen molar-refractivity contribution < 1.29 is 27.1 Å². The van der Waals surface area contributed by atoms with Crippen molar-refractivity contribution in [2.24, 2.45) is 7.05 Å². The highest BCUT2D eigenvalue weighted by atomic mass is 35.5. The van der Waals surface area contributed by atoms with Crippen molar-refractivity contribution in [1.29, 1.82) is 5.26 Å². The monoisotopic (exact) mass is 458 g/mol. The van der Waals surface area contributed by atoms with Crippen LogP contribution in [0.5, 0.6) is 0 Å². The molecular formula is C20H22ClF3N4O3. The fraction of sp³-hybridized carbons (Fsp3) is 0.500. The van der Waals surface area contributed by atoms with Gasteiger partial charge in [-0.25, -0.2) is 4.98 Å². The summed E-state index contributed by atoms with van der Waals surface area (Å²) < 4.78 is 52.4. The first kappa shape index (κ1) is 24.5. The predicted octanol–water partition coefficient (Wildman–Crippen LogP) is 5.50. The van der Waals surface area contributed by atoms with E-state index in [1.165, 1.54) is 7.05 Å². The van der Waals surface area contributed by atoms with Crippen molar-refractivity contribution in [3.63, 3.8) is 0 Å². The van der Waals surface area contributed by atoms with Crippen LogP contribution >= 0.6 is 11.6 Å². The fourth-order valence-electron chi connectivity index (χ4n) is 2.57. The highest BCUT2D eigenvalue weighted by Gasteiger charge is 2.42. The number of nitriles is 1. The summed E-state index contributed by atoms with van der Waals surface area (Å²) in [5, 5.41) is 12.7. The van der Waals surface area contributed by atoms with Crippen molar-refractivity contribution >= 4 is 28.9 Å². The lowest BCUT2D eigenvalue weighted by atomic mass is 9.97. The molecule has 2 rings (SSSR count). The van der Waals surface area contributed by atoms with Gasteiger partial charge in [-0.15, -0.1) is 0 Å². The molecule has 0 unspecified atom stereocenters. The van der Waals surface area contributed by atoms with Crippen LogP contribution in [0.3, 0.4) is 0 Å². The van der Waals surface area contributed by atoms with Crippen molar-refractivity contribution in [3.05, 3.63) is 34.3 Å². The number of nitrogens with zero attached hydrogens (tertiary/aromatic N) is 4. The standard InChI is InChI=1S/C20H22ClF3N4O3/c1-6-7-8-13(29)31-15(14-16(20(22,23)24)27-28(5)17(14)21)11(9-25)12-10-30-18(26-12)19(2,3)4/h10H,6-8H2,1-5H3/b15-11-. The molecule has 0 saturated carbocycles. The highest BCUT2D eigenvalue weighted by molar-refractivity contribution is 6.31. The molecule has 0 aliphatic rings. The SMILES string of the molecule is CCCCC(=O)O/C(=C(/C#N)c1coc(C(C)(C)C)n1)c1c(C(F)(F)F)nn(C)c1Cl. The average molecular weight is 459 g/mol. The van der Waals surface area contributed by atoms with E-state index in [9.17, 15) is 23.2 Å². The van der Waals surface area contributed by atoms with E-state index >= 15 is 0 Å². The van der Waals surface area contributed by atoms with Gasteiger partial charge in [-0.05, 0) is 6.42 Å². The maximum Gasteiger partial charge on any atom is 0.435 e. The van der Waals surface area contributed by atoms with Crippen LogP contribution in [0.25, 0.3) is 11.3 Å². The van der Waals surface area contributed by atoms with Gasteiger partial charge in [-0.2, -0.15) is 23.5 Å². The number of allylic oxidation sites excluding steroid dienone is 1. The minimum Gasteiger partial charge on any atom is -0.448 e. The van der Waals surface area contributed by atoms with E-state index in [4.69, 9.17) is 20.8 Å². The Morgan fingerprint density at radius 1 is 1.35 bits per heavy atom. The lowest BCUT2D eigenvalue weighted by molar-refractivity contribution is -0.143. The Labute approximate surface area is 182 Å². The Bertz CT molecular complexity index is 1040. The van der Waals surface area contributed by atoms with Gasteiger partial charge in [0, 0.05) is 18.9 Å². The van der Waals surface area contributed by atoms with Gasteiger partial charge in [0.1, 0.15) is 28.8 Å². The zero-order valence-electron chi connectivity index (χ0n) is 17.7. The van der Waals surface area contributed by atoms with Gasteiger partial charge in [0.2, 0.25) is 0 Å². The molecule has 0 N–H and O–H groups in total. The Morgan fingerprint density at radius 3 is 2.48 bits per heavy atom. The van der Waals surface area contributed by atoms with E-state index in [-0.39, 0.29) is 18.0 Å². The molecule has 0 saturated heterocycles. The van der Waals surface area contributed by atoms with Gasteiger partial charge >= 0.3 is 12.1 Å². The molecule has 7 nitrogen and oxygen atoms in total. The first-order valence-electron chi connectivity index (χ1n) is 9.42. The first-order chi connectivity index (χ1) is 14.3. The first-order valence-corrected chi connectivity index (χ1v) is 9.80. The number of rotatable bonds is 6. The third-order valence-corrected chi connectivity index (χ3v) is 4.60. The lowest BCUT2D eigenvalue weighted by Crippen LogP contribution is -2.13. The number of halogens is 4. The molecule has 0 aliphatic heterocycles. The van der Waals surface area contributed by atoms with Gasteiger partial charge in [0.05, 0.1) is 5.56 Å². The Hall–Kier alpha value is -2.80. The van der Waals surface area contributed by atoms with Crippen LogP contribution in [-0.4, -0.2) is 20.7 Å². The molecule has 2 heterocycles. The van der Waals surface area contributed by atoms with E-state index in [0.717, 1.165) is 10.9 Å². The smallest absolute Gasteiger partial charge is 0.435 e. The lowest BCUT2D eigenvalue weighted by Gasteiger charge is -2.13. The summed E-state index contributed by atoms with van der Waals surface area (Å²) in [6.07, 6.45) is -2.72. The normalized spacial score (nSPS) is 13.0. The number of carbonyl (C=O) groups is 1. The summed E-state index contributed by atoms with van der Waals surface area (Å²) in [5.41, 5.74) is -3.13. The van der Waals surface area contributed by atoms with Crippen molar-refractivity contribution in [2.45, 2.75) is 58.5 Å². The van der Waals surface area contributed by atoms with Crippen LogP contribution in [0, 0.1) is 11.3 Å². The second kappa shape index (κ2) is 9.14. The maximum atomic E-state index is 13.7. The van der Waals surface area contributed by atoms with Gasteiger partial charge in [-0.1, -0.05) is 45.7 Å². The van der Waals surface area contributed by atoms with Crippen LogP contribution in [0.15, 0.2) is 10.7 Å². The maximum absolute atomic E-state index is 13.7. The largest absolute Gasteiger partial charge is 0.448 e. The van der Waals surface area contributed by atoms with Gasteiger partial charge in [-0.3, -0.25) is 9.48 Å². The molecule has 0 atom stereocenters. The van der Waals surface area contributed by atoms with Crippen molar-refractivity contribution in [3.8, 4) is 6.07 Å². The number of hydrogen-bond donors (Lipinski definition) is 0. The number of aromatic nitrogens is 3. The molecule has 31 heavy (non-hydrogen) atoms. The van der Waals surface area contributed by atoms with Crippen molar-refractivity contribution in [1.82, 2.24) is 14.8 Å². The van der Waals surface area contributed by atoms with Crippen LogP contribution in [0.1, 0.15) is 69.8 Å². The van der Waals surface area contributed by atoms with E-state index in [0.29, 0.717) is 12.8 Å². The van der Waals surface area contributed by atoms with Crippen LogP contribution in [0.2, 0.25) is 5.15 Å². The number of ether oxygens (including phenoxy) is 1. The number of unbranched alkanes of at least 4 members (excludes halogenated alkanes) is 1. The molecule has 0 bridgehead atoms. The van der Waals surface area contributed by atoms with Gasteiger partial charge < -0.3 is 9.15 Å². The summed E-state index contributed by atoms with van der Waals surface area (Å²) in [4.78, 5) is 16.5. The second-order valence-electron chi connectivity index (χ2n) is 7.82. The van der Waals surface area contributed by atoms with E-state index < -0.39 is 45.3 Å². The fourth-order valence-corrected chi connectivity index (χ4v) is 2.79. The van der Waals surface area contributed by atoms with E-state index in [1.54, 1.807) is 6.07 Å². The molecule has 168 valence electrons. The molecule has 0 fully saturated rings. The number of alkyl halides is 3. The zero-order valence-corrected chi connectivity index (χ0v) is 18.5. The van der Waals surface area contributed by atoms with Crippen LogP contribution in [-0.2, 0) is 28.2 Å². The molecule has 0 amide bonds. The molecule has 2 aromatic heterocycles. The summed E-state index contributed by atoms with van der Waals surface area (Å²) >= 11 is 6.09. The quantitative estimate of drug-likeness (QED) is 0.322. The topological polar surface area (TPSA) is 93.9 Å². The van der Waals surface area contributed by atoms with Crippen LogP contribution < -0.4 is 0 Å². The zero-order chi connectivity index (χ0) is 23.6. The molecule has 0 spiro atoms. The number of esters is 1. The second-order valence-corrected chi connectivity index (χ2v) is 8.18. The Morgan fingerprint density at radius 2 is 2.00 bits per heavy atom. The number of oxazole rings is 1. The molecule has 2 aromatic rings. The minimum absolute atomic E-state index is 0.0516. The summed E-state index contributed by atoms with van der Waals surface area (Å²) in [5.74, 6) is -1.22. The molecule has 11 heteroatoms. The number of hydrogen-bond acceptors (Lipinski definition) is 6. The molecular weight excluding hydrogens is 437 g/mol. The average Bonchev–Trinajstić information content (AvgIpc) is 3.25. The highest BCUT2D eigenvalue weighted by Crippen LogP contribution is 2.41. The van der Waals surface area contributed by atoms with Gasteiger partial charge in [0.15, 0.2) is 17.3 Å². The summed E-state index contributed by atoms with van der Waals surface area (Å²) in [6.45, 7) is 7.27. The molecule has 0 radical (unpaired) electrons. The molecule has 0 aliphatic carbocycles. The van der Waals surface area contributed by atoms with E-state index in [1.807, 2.05) is 27.7 Å². The predicted molar refractivity (Wildman–Crippen MR) is 106 cm³/mol. The third-order valence-electron chi connectivity index (χ3n) is 4.16. The van der Waals surface area contributed by atoms with E-state index in [2.05, 4.69) is 10.1 Å². The summed E-state index contributed by atoms with van der Waals surface area (Å²) in [7, 11) is 1.21. The summed E-state index contributed by atoms with van der Waals surface area (Å²) in [6, 6.07) is 1.78. The number of carbonyl (C=O) groups excluding carboxylic acids is 1.